The van der Waals surface area contributed by atoms with Crippen LogP contribution in [0.5, 0.6) is 0 Å². The molecule has 2 saturated heterocycles. The Morgan fingerprint density at radius 3 is 2.14 bits per heavy atom. The van der Waals surface area contributed by atoms with Crippen LogP contribution in [0.2, 0.25) is 0 Å². The Hall–Kier alpha value is -2.45. The number of carbonyl (C=O) groups is 5. The van der Waals surface area contributed by atoms with Crippen molar-refractivity contribution in [1.82, 2.24) is 20.7 Å². The number of nitrogens with one attached hydrogen (secondary N) is 2. The maximum Gasteiger partial charge on any atom is 0.344 e. The second-order valence-electron chi connectivity index (χ2n) is 8.55. The molecule has 2 saturated carbocycles. The van der Waals surface area contributed by atoms with E-state index in [4.69, 9.17) is 0 Å². The molecule has 4 aliphatic rings. The van der Waals surface area contributed by atoms with Gasteiger partial charge in [-0.25, -0.2) is 4.79 Å². The first-order valence-corrected chi connectivity index (χ1v) is 10.2. The number of carbonyl (C=O) groups excluding carboxylic acids is 5. The maximum atomic E-state index is 12.8. The summed E-state index contributed by atoms with van der Waals surface area (Å²) in [5, 5.41) is 3.41. The van der Waals surface area contributed by atoms with E-state index in [-0.39, 0.29) is 18.2 Å². The highest BCUT2D eigenvalue weighted by Crippen LogP contribution is 2.45. The lowest BCUT2D eigenvalue weighted by atomic mass is 9.73. The van der Waals surface area contributed by atoms with Gasteiger partial charge in [0.2, 0.25) is 11.8 Å². The molecule has 6 amide bonds. The van der Waals surface area contributed by atoms with Crippen LogP contribution >= 0.6 is 0 Å². The fourth-order valence-corrected chi connectivity index (χ4v) is 5.16. The normalized spacial score (nSPS) is 26.3. The number of likely N-dealkylation sites (tertiary alicyclic amines) is 1. The minimum Gasteiger partial charge on any atom is -0.322 e. The summed E-state index contributed by atoms with van der Waals surface area (Å²) >= 11 is 0. The van der Waals surface area contributed by atoms with Crippen LogP contribution in [0.3, 0.4) is 0 Å². The monoisotopic (exact) mass is 390 g/mol. The summed E-state index contributed by atoms with van der Waals surface area (Å²) in [4.78, 5) is 63.5. The molecule has 2 aliphatic heterocycles. The molecule has 2 aliphatic carbocycles. The average molecular weight is 390 g/mol. The van der Waals surface area contributed by atoms with Gasteiger partial charge in [0, 0.05) is 6.42 Å². The second-order valence-corrected chi connectivity index (χ2v) is 8.55. The van der Waals surface area contributed by atoms with Crippen LogP contribution < -0.4 is 10.7 Å². The fraction of sp³-hybridized carbons (Fsp3) is 0.737. The zero-order valence-corrected chi connectivity index (χ0v) is 15.9. The Labute approximate surface area is 163 Å². The molecule has 152 valence electrons. The molecule has 2 spiro atoms. The summed E-state index contributed by atoms with van der Waals surface area (Å²) in [6.45, 7) is -0.469. The van der Waals surface area contributed by atoms with Crippen molar-refractivity contribution in [2.75, 3.05) is 6.54 Å². The predicted octanol–water partition coefficient (Wildman–Crippen LogP) is 0.982. The molecular formula is C19H26N4O5. The Kier molecular flexibility index (Phi) is 4.63. The number of hydrogen-bond acceptors (Lipinski definition) is 5. The smallest absolute Gasteiger partial charge is 0.322 e. The van der Waals surface area contributed by atoms with Crippen LogP contribution in [0.15, 0.2) is 0 Å². The van der Waals surface area contributed by atoms with Crippen LogP contribution in [0.25, 0.3) is 0 Å². The van der Waals surface area contributed by atoms with Gasteiger partial charge in [0.05, 0.1) is 5.41 Å². The standard InChI is InChI=1S/C19H26N4O5/c24-13(12-22-14(25)11-18(15(22)26)7-3-1-4-8-18)21-23-16(27)19(20-17(23)28)9-5-2-6-10-19/h1-12H2,(H,20,28)(H,21,24). The topological polar surface area (TPSA) is 116 Å². The first kappa shape index (κ1) is 18.9. The number of imide groups is 2. The van der Waals surface area contributed by atoms with E-state index in [2.05, 4.69) is 10.7 Å². The van der Waals surface area contributed by atoms with Gasteiger partial charge in [0.15, 0.2) is 0 Å². The molecule has 0 atom stereocenters. The lowest BCUT2D eigenvalue weighted by Gasteiger charge is -2.30. The zero-order chi connectivity index (χ0) is 19.9. The molecule has 4 rings (SSSR count). The van der Waals surface area contributed by atoms with E-state index in [9.17, 15) is 24.0 Å². The first-order valence-electron chi connectivity index (χ1n) is 10.2. The van der Waals surface area contributed by atoms with Crippen LogP contribution in [0.1, 0.15) is 70.6 Å². The lowest BCUT2D eigenvalue weighted by molar-refractivity contribution is -0.147. The second kappa shape index (κ2) is 6.86. The van der Waals surface area contributed by atoms with Gasteiger partial charge in [0.1, 0.15) is 12.1 Å². The van der Waals surface area contributed by atoms with E-state index in [1.54, 1.807) is 0 Å². The Bertz CT molecular complexity index is 677. The minimum atomic E-state index is -0.936. The molecule has 9 heteroatoms. The number of hydrazine groups is 1. The third kappa shape index (κ3) is 2.97. The van der Waals surface area contributed by atoms with Crippen LogP contribution in [-0.2, 0) is 19.2 Å². The molecule has 0 aromatic rings. The number of rotatable bonds is 3. The van der Waals surface area contributed by atoms with Crippen molar-refractivity contribution in [3.05, 3.63) is 0 Å². The minimum absolute atomic E-state index is 0.144. The molecule has 0 bridgehead atoms. The van der Waals surface area contributed by atoms with E-state index in [0.717, 1.165) is 43.4 Å². The Balaban J connectivity index is 1.40. The third-order valence-electron chi connectivity index (χ3n) is 6.71. The molecular weight excluding hydrogens is 364 g/mol. The van der Waals surface area contributed by atoms with E-state index < -0.39 is 35.3 Å². The summed E-state index contributed by atoms with van der Waals surface area (Å²) in [7, 11) is 0. The van der Waals surface area contributed by atoms with Gasteiger partial charge in [-0.2, -0.15) is 5.01 Å². The van der Waals surface area contributed by atoms with Crippen molar-refractivity contribution >= 4 is 29.7 Å². The van der Waals surface area contributed by atoms with Gasteiger partial charge in [-0.3, -0.25) is 29.5 Å². The number of nitrogens with zero attached hydrogens (tertiary/aromatic N) is 2. The highest BCUT2D eigenvalue weighted by molar-refractivity contribution is 6.10. The number of amides is 6. The molecule has 0 aromatic heterocycles. The lowest BCUT2D eigenvalue weighted by Crippen LogP contribution is -2.53. The SMILES string of the molecule is O=C(CN1C(=O)CC2(CCCCC2)C1=O)NN1C(=O)NC2(CCCCC2)C1=O. The average Bonchev–Trinajstić information content (AvgIpc) is 3.03. The molecule has 4 fully saturated rings. The molecule has 0 radical (unpaired) electrons. The number of hydrogen-bond donors (Lipinski definition) is 2. The Morgan fingerprint density at radius 2 is 1.50 bits per heavy atom. The molecule has 2 heterocycles. The van der Waals surface area contributed by atoms with Gasteiger partial charge in [-0.15, -0.1) is 0 Å². The van der Waals surface area contributed by atoms with Gasteiger partial charge >= 0.3 is 6.03 Å². The van der Waals surface area contributed by atoms with Crippen molar-refractivity contribution in [1.29, 1.82) is 0 Å². The van der Waals surface area contributed by atoms with Gasteiger partial charge in [-0.1, -0.05) is 38.5 Å². The van der Waals surface area contributed by atoms with Crippen molar-refractivity contribution in [3.8, 4) is 0 Å². The maximum absolute atomic E-state index is 12.8. The summed E-state index contributed by atoms with van der Waals surface area (Å²) in [5.74, 6) is -1.84. The third-order valence-corrected chi connectivity index (χ3v) is 6.71. The summed E-state index contributed by atoms with van der Waals surface area (Å²) in [6, 6.07) is -0.664. The molecule has 0 aromatic carbocycles. The largest absolute Gasteiger partial charge is 0.344 e. The summed E-state index contributed by atoms with van der Waals surface area (Å²) < 4.78 is 0. The van der Waals surface area contributed by atoms with Crippen LogP contribution in [-0.4, -0.2) is 51.7 Å². The van der Waals surface area contributed by atoms with Crippen molar-refractivity contribution < 1.29 is 24.0 Å². The van der Waals surface area contributed by atoms with Crippen LogP contribution in [0, 0.1) is 5.41 Å². The first-order chi connectivity index (χ1) is 13.4. The fourth-order valence-electron chi connectivity index (χ4n) is 5.16. The van der Waals surface area contributed by atoms with Gasteiger partial charge < -0.3 is 5.32 Å². The zero-order valence-electron chi connectivity index (χ0n) is 15.9. The highest BCUT2D eigenvalue weighted by Gasteiger charge is 2.54. The highest BCUT2D eigenvalue weighted by atomic mass is 16.2. The van der Waals surface area contributed by atoms with Crippen molar-refractivity contribution in [3.63, 3.8) is 0 Å². The predicted molar refractivity (Wildman–Crippen MR) is 96.2 cm³/mol. The van der Waals surface area contributed by atoms with Gasteiger partial charge in [-0.05, 0) is 25.7 Å². The quantitative estimate of drug-likeness (QED) is 0.550. The Morgan fingerprint density at radius 1 is 0.893 bits per heavy atom. The molecule has 28 heavy (non-hydrogen) atoms. The van der Waals surface area contributed by atoms with E-state index in [1.807, 2.05) is 0 Å². The van der Waals surface area contributed by atoms with Crippen molar-refractivity contribution in [2.24, 2.45) is 5.41 Å². The van der Waals surface area contributed by atoms with Crippen molar-refractivity contribution in [2.45, 2.75) is 76.2 Å². The van der Waals surface area contributed by atoms with E-state index in [1.165, 1.54) is 0 Å². The molecule has 2 N–H and O–H groups in total. The van der Waals surface area contributed by atoms with Gasteiger partial charge in [0.25, 0.3) is 11.8 Å². The molecule has 0 unspecified atom stereocenters. The summed E-state index contributed by atoms with van der Waals surface area (Å²) in [6.07, 6.45) is 8.15. The van der Waals surface area contributed by atoms with E-state index >= 15 is 0 Å². The number of urea groups is 1. The van der Waals surface area contributed by atoms with E-state index in [0.29, 0.717) is 30.7 Å². The molecule has 9 nitrogen and oxygen atoms in total. The van der Waals surface area contributed by atoms with Crippen LogP contribution in [0.4, 0.5) is 4.79 Å². The summed E-state index contributed by atoms with van der Waals surface area (Å²) in [5.41, 5.74) is 0.696.